The predicted octanol–water partition coefficient (Wildman–Crippen LogP) is 6.09. The van der Waals surface area contributed by atoms with Gasteiger partial charge in [0.2, 0.25) is 0 Å². The first kappa shape index (κ1) is 25.5. The van der Waals surface area contributed by atoms with Gasteiger partial charge in [0.05, 0.1) is 12.1 Å². The molecule has 196 valence electrons. The molecule has 0 atom stereocenters. The first-order valence-corrected chi connectivity index (χ1v) is 13.4. The molecular formula is C26H29F3N6OS. The number of aromatic nitrogens is 3. The molecule has 37 heavy (non-hydrogen) atoms. The first-order chi connectivity index (χ1) is 17.8. The summed E-state index contributed by atoms with van der Waals surface area (Å²) in [6, 6.07) is 15.3. The summed E-state index contributed by atoms with van der Waals surface area (Å²) in [7, 11) is 2.09. The van der Waals surface area contributed by atoms with Crippen LogP contribution in [-0.4, -0.2) is 58.2 Å². The van der Waals surface area contributed by atoms with Crippen LogP contribution in [0.1, 0.15) is 18.7 Å². The number of benzene rings is 2. The van der Waals surface area contributed by atoms with E-state index in [-0.39, 0.29) is 24.2 Å². The molecule has 1 aliphatic heterocycles. The Kier molecular flexibility index (Phi) is 7.34. The monoisotopic (exact) mass is 530 g/mol. The second-order valence-corrected chi connectivity index (χ2v) is 10.2. The summed E-state index contributed by atoms with van der Waals surface area (Å²) in [4.78, 5) is 7.83. The summed E-state index contributed by atoms with van der Waals surface area (Å²) in [6.07, 6.45) is -0.452. The first-order valence-electron chi connectivity index (χ1n) is 12.1. The fourth-order valence-electron chi connectivity index (χ4n) is 4.63. The highest BCUT2D eigenvalue weighted by Crippen LogP contribution is 2.35. The number of likely N-dealkylation sites (tertiary alicyclic amines) is 1. The highest BCUT2D eigenvalue weighted by atomic mass is 32.2. The number of hydrogen-bond acceptors (Lipinski definition) is 7. The molecule has 0 radical (unpaired) electrons. The topological polar surface area (TPSA) is 71.2 Å². The number of halogens is 3. The third-order valence-electron chi connectivity index (χ3n) is 6.59. The highest BCUT2D eigenvalue weighted by molar-refractivity contribution is 7.98. The van der Waals surface area contributed by atoms with Crippen molar-refractivity contribution in [1.29, 1.82) is 0 Å². The maximum atomic E-state index is 13.6. The van der Waals surface area contributed by atoms with E-state index in [4.69, 9.17) is 4.52 Å². The van der Waals surface area contributed by atoms with Gasteiger partial charge in [-0.25, -0.2) is 0 Å². The lowest BCUT2D eigenvalue weighted by Gasteiger charge is -2.30. The van der Waals surface area contributed by atoms with E-state index in [2.05, 4.69) is 32.7 Å². The summed E-state index contributed by atoms with van der Waals surface area (Å²) in [6.45, 7) is 1.09. The van der Waals surface area contributed by atoms with Gasteiger partial charge >= 0.3 is 6.18 Å². The van der Waals surface area contributed by atoms with Crippen molar-refractivity contribution in [3.05, 3.63) is 54.4 Å². The Bertz CT molecular complexity index is 1340. The van der Waals surface area contributed by atoms with Crippen LogP contribution in [0.25, 0.3) is 22.5 Å². The molecule has 1 aliphatic rings. The van der Waals surface area contributed by atoms with Crippen LogP contribution in [-0.2, 0) is 13.1 Å². The average molecular weight is 531 g/mol. The molecule has 3 heterocycles. The molecule has 0 aliphatic carbocycles. The molecular weight excluding hydrogens is 501 g/mol. The second-order valence-electron chi connectivity index (χ2n) is 9.29. The lowest BCUT2D eigenvalue weighted by molar-refractivity contribution is -0.139. The fourth-order valence-corrected chi connectivity index (χ4v) is 5.04. The van der Waals surface area contributed by atoms with Crippen molar-refractivity contribution < 1.29 is 17.7 Å². The molecule has 0 unspecified atom stereocenters. The molecule has 0 bridgehead atoms. The van der Waals surface area contributed by atoms with Crippen molar-refractivity contribution in [2.75, 3.05) is 37.0 Å². The van der Waals surface area contributed by atoms with E-state index in [0.29, 0.717) is 16.7 Å². The van der Waals surface area contributed by atoms with E-state index in [1.165, 1.54) is 4.57 Å². The largest absolute Gasteiger partial charge is 0.406 e. The van der Waals surface area contributed by atoms with Gasteiger partial charge in [-0.15, -0.1) is 11.8 Å². The van der Waals surface area contributed by atoms with E-state index in [9.17, 15) is 13.2 Å². The fraction of sp³-hybridized carbons (Fsp3) is 0.385. The van der Waals surface area contributed by atoms with Crippen molar-refractivity contribution in [1.82, 2.24) is 19.6 Å². The van der Waals surface area contributed by atoms with Crippen molar-refractivity contribution in [3.63, 3.8) is 0 Å². The minimum atomic E-state index is -4.41. The smallest absolute Gasteiger partial charge is 0.382 e. The van der Waals surface area contributed by atoms with Crippen molar-refractivity contribution in [2.24, 2.45) is 0 Å². The minimum Gasteiger partial charge on any atom is -0.382 e. The zero-order valence-electron chi connectivity index (χ0n) is 20.7. The molecule has 2 N–H and O–H groups in total. The van der Waals surface area contributed by atoms with Crippen LogP contribution in [0.15, 0.2) is 57.9 Å². The lowest BCUT2D eigenvalue weighted by atomic mass is 10.0. The van der Waals surface area contributed by atoms with Gasteiger partial charge in [-0.2, -0.15) is 18.2 Å². The van der Waals surface area contributed by atoms with E-state index >= 15 is 0 Å². The second kappa shape index (κ2) is 10.7. The lowest BCUT2D eigenvalue weighted by Crippen LogP contribution is -2.36. The third kappa shape index (κ3) is 6.04. The third-order valence-corrected chi connectivity index (χ3v) is 7.33. The normalized spacial score (nSPS) is 15.4. The van der Waals surface area contributed by atoms with Crippen LogP contribution in [0.2, 0.25) is 0 Å². The Labute approximate surface area is 217 Å². The van der Waals surface area contributed by atoms with Crippen molar-refractivity contribution in [2.45, 2.75) is 43.0 Å². The van der Waals surface area contributed by atoms with Crippen LogP contribution in [0.5, 0.6) is 0 Å². The number of piperidine rings is 1. The van der Waals surface area contributed by atoms with Crippen molar-refractivity contribution >= 4 is 34.0 Å². The number of rotatable bonds is 8. The molecule has 2 aromatic heterocycles. The standard InChI is InChI=1S/C26H29F3N6OS/c1-34-12-10-18(11-13-34)31-21-4-3-5-22-20(21)14-23(35(22)16-26(27,28)29)25-32-24(33-36-25)15-30-17-6-8-19(37-2)9-7-17/h3-9,14,18,30-31H,10-13,15-16H2,1-2H3. The molecule has 2 aromatic carbocycles. The predicted molar refractivity (Wildman–Crippen MR) is 141 cm³/mol. The van der Waals surface area contributed by atoms with Crippen LogP contribution in [0, 0.1) is 0 Å². The molecule has 0 spiro atoms. The van der Waals surface area contributed by atoms with Crippen LogP contribution in [0.3, 0.4) is 0 Å². The highest BCUT2D eigenvalue weighted by Gasteiger charge is 2.31. The number of nitrogens with zero attached hydrogens (tertiary/aromatic N) is 4. The number of alkyl halides is 3. The van der Waals surface area contributed by atoms with Gasteiger partial charge in [-0.1, -0.05) is 11.2 Å². The summed E-state index contributed by atoms with van der Waals surface area (Å²) in [5.74, 6) is 0.414. The molecule has 0 amide bonds. The number of nitrogens with one attached hydrogen (secondary N) is 2. The van der Waals surface area contributed by atoms with Crippen molar-refractivity contribution in [3.8, 4) is 11.6 Å². The van der Waals surface area contributed by atoms with Crippen LogP contribution in [0.4, 0.5) is 24.5 Å². The summed E-state index contributed by atoms with van der Waals surface area (Å²) < 4.78 is 47.5. The number of fused-ring (bicyclic) bond motifs is 1. The molecule has 1 saturated heterocycles. The van der Waals surface area contributed by atoms with Gasteiger partial charge in [0, 0.05) is 27.7 Å². The number of thioether (sulfide) groups is 1. The molecule has 5 rings (SSSR count). The zero-order valence-corrected chi connectivity index (χ0v) is 21.5. The quantitative estimate of drug-likeness (QED) is 0.267. The van der Waals surface area contributed by atoms with Crippen LogP contribution >= 0.6 is 11.8 Å². The number of anilines is 2. The Hall–Kier alpha value is -3.18. The summed E-state index contributed by atoms with van der Waals surface area (Å²) in [5, 5.41) is 11.5. The Morgan fingerprint density at radius 1 is 1.11 bits per heavy atom. The van der Waals surface area contributed by atoms with E-state index in [1.54, 1.807) is 30.0 Å². The zero-order chi connectivity index (χ0) is 26.0. The maximum absolute atomic E-state index is 13.6. The van der Waals surface area contributed by atoms with E-state index in [1.807, 2.05) is 36.6 Å². The molecule has 0 saturated carbocycles. The minimum absolute atomic E-state index is 0.0558. The van der Waals surface area contributed by atoms with Gasteiger partial charge in [-0.3, -0.25) is 0 Å². The Balaban J connectivity index is 1.42. The van der Waals surface area contributed by atoms with Gasteiger partial charge in [0.15, 0.2) is 5.82 Å². The molecule has 7 nitrogen and oxygen atoms in total. The SMILES string of the molecule is CSc1ccc(NCc2noc(-c3cc4c(NC5CCN(C)CC5)cccc4n3CC(F)(F)F)n2)cc1. The van der Waals surface area contributed by atoms with Gasteiger partial charge in [0.1, 0.15) is 12.2 Å². The number of hydrogen-bond donors (Lipinski definition) is 2. The molecule has 11 heteroatoms. The molecule has 1 fully saturated rings. The molecule has 4 aromatic rings. The van der Waals surface area contributed by atoms with Crippen LogP contribution < -0.4 is 10.6 Å². The van der Waals surface area contributed by atoms with Gasteiger partial charge in [0.25, 0.3) is 5.89 Å². The van der Waals surface area contributed by atoms with Gasteiger partial charge in [-0.05, 0) is 81.7 Å². The van der Waals surface area contributed by atoms with E-state index < -0.39 is 12.7 Å². The maximum Gasteiger partial charge on any atom is 0.406 e. The Morgan fingerprint density at radius 2 is 1.86 bits per heavy atom. The van der Waals surface area contributed by atoms with E-state index in [0.717, 1.165) is 42.2 Å². The Morgan fingerprint density at radius 3 is 2.57 bits per heavy atom. The average Bonchev–Trinajstić information content (AvgIpc) is 3.49. The summed E-state index contributed by atoms with van der Waals surface area (Å²) in [5.41, 5.74) is 2.41. The summed E-state index contributed by atoms with van der Waals surface area (Å²) >= 11 is 1.65. The van der Waals surface area contributed by atoms with Gasteiger partial charge < -0.3 is 24.6 Å².